The molecule has 4 atom stereocenters. The molecule has 11 nitrogen and oxygen atoms in total. The van der Waals surface area contributed by atoms with E-state index in [-0.39, 0.29) is 32.1 Å². The minimum absolute atomic E-state index is 0.00310. The summed E-state index contributed by atoms with van der Waals surface area (Å²) >= 11 is 0. The van der Waals surface area contributed by atoms with Crippen LogP contribution in [0.15, 0.2) is 18.3 Å². The zero-order valence-electron chi connectivity index (χ0n) is 20.8. The van der Waals surface area contributed by atoms with Crippen molar-refractivity contribution >= 4 is 17.6 Å². The van der Waals surface area contributed by atoms with Gasteiger partial charge in [-0.3, -0.25) is 15.0 Å². The lowest BCUT2D eigenvalue weighted by Crippen LogP contribution is -2.66. The minimum atomic E-state index is -4.71. The van der Waals surface area contributed by atoms with Gasteiger partial charge in [0.15, 0.2) is 5.92 Å². The average Bonchev–Trinajstić information content (AvgIpc) is 2.89. The third-order valence-electron chi connectivity index (χ3n) is 6.53. The maximum Gasteiger partial charge on any atom is 0.402 e. The number of nitriles is 1. The third kappa shape index (κ3) is 7.75. The van der Waals surface area contributed by atoms with Crippen LogP contribution in [0.5, 0.6) is 0 Å². The first kappa shape index (κ1) is 28.6. The van der Waals surface area contributed by atoms with Crippen LogP contribution in [-0.2, 0) is 19.1 Å². The Labute approximate surface area is 213 Å². The fraction of sp³-hybridized carbons (Fsp3) is 0.652. The van der Waals surface area contributed by atoms with Crippen molar-refractivity contribution in [2.75, 3.05) is 57.9 Å². The van der Waals surface area contributed by atoms with E-state index in [9.17, 15) is 22.8 Å². The van der Waals surface area contributed by atoms with E-state index >= 15 is 0 Å². The third-order valence-corrected chi connectivity index (χ3v) is 6.53. The van der Waals surface area contributed by atoms with Crippen LogP contribution in [0.3, 0.4) is 0 Å². The molecule has 0 aromatic carbocycles. The summed E-state index contributed by atoms with van der Waals surface area (Å²) in [4.78, 5) is 32.5. The van der Waals surface area contributed by atoms with Crippen LogP contribution in [0.1, 0.15) is 18.9 Å². The van der Waals surface area contributed by atoms with Gasteiger partial charge in [0.05, 0.1) is 37.3 Å². The van der Waals surface area contributed by atoms with Crippen molar-refractivity contribution in [3.8, 4) is 6.07 Å². The Morgan fingerprint density at radius 2 is 2.05 bits per heavy atom. The Balaban J connectivity index is 1.44. The number of pyridine rings is 1. The molecule has 3 heterocycles. The maximum atomic E-state index is 13.4. The second-order valence-electron chi connectivity index (χ2n) is 8.92. The first-order valence-corrected chi connectivity index (χ1v) is 12.0. The zero-order chi connectivity index (χ0) is 27.0. The van der Waals surface area contributed by atoms with Crippen LogP contribution in [0.4, 0.5) is 19.0 Å². The molecule has 0 aliphatic carbocycles. The molecule has 0 saturated carbocycles. The molecular formula is C23H32F3N7O4. The molecule has 204 valence electrons. The summed E-state index contributed by atoms with van der Waals surface area (Å²) in [5.74, 6) is -2.69. The van der Waals surface area contributed by atoms with Crippen molar-refractivity contribution in [3.63, 3.8) is 0 Å². The fourth-order valence-electron chi connectivity index (χ4n) is 4.27. The number of rotatable bonds is 10. The van der Waals surface area contributed by atoms with Gasteiger partial charge in [-0.05, 0) is 19.1 Å². The van der Waals surface area contributed by atoms with Gasteiger partial charge in [-0.25, -0.2) is 10.4 Å². The number of alkyl halides is 3. The van der Waals surface area contributed by atoms with E-state index in [4.69, 9.17) is 14.7 Å². The van der Waals surface area contributed by atoms with E-state index in [0.717, 1.165) is 5.82 Å². The molecule has 1 aromatic heterocycles. The molecule has 3 N–H and O–H groups in total. The van der Waals surface area contributed by atoms with Crippen LogP contribution < -0.4 is 21.1 Å². The van der Waals surface area contributed by atoms with Gasteiger partial charge in [0.25, 0.3) is 0 Å². The number of hydrazine groups is 1. The van der Waals surface area contributed by atoms with Crippen molar-refractivity contribution in [3.05, 3.63) is 23.9 Å². The lowest BCUT2D eigenvalue weighted by atomic mass is 9.95. The monoisotopic (exact) mass is 527 g/mol. The van der Waals surface area contributed by atoms with Crippen molar-refractivity contribution in [2.24, 2.45) is 5.92 Å². The number of ether oxygens (including phenoxy) is 2. The molecule has 37 heavy (non-hydrogen) atoms. The predicted molar refractivity (Wildman–Crippen MR) is 126 cm³/mol. The van der Waals surface area contributed by atoms with Gasteiger partial charge in [0, 0.05) is 52.1 Å². The summed E-state index contributed by atoms with van der Waals surface area (Å²) in [5, 5.41) is 11.7. The fourth-order valence-corrected chi connectivity index (χ4v) is 4.27. The molecule has 3 rings (SSSR count). The van der Waals surface area contributed by atoms with E-state index in [0.29, 0.717) is 31.7 Å². The number of nitrogens with zero attached hydrogens (tertiary/aromatic N) is 4. The molecule has 3 unspecified atom stereocenters. The second-order valence-corrected chi connectivity index (χ2v) is 8.92. The number of carbonyl (C=O) groups excluding carboxylic acids is 2. The normalized spacial score (nSPS) is 22.2. The first-order valence-electron chi connectivity index (χ1n) is 12.0. The molecule has 1 aromatic rings. The van der Waals surface area contributed by atoms with Crippen LogP contribution in [0.2, 0.25) is 0 Å². The summed E-state index contributed by atoms with van der Waals surface area (Å²) in [6.07, 6.45) is -3.57. The number of hydrogen-bond donors (Lipinski definition) is 3. The molecule has 0 bridgehead atoms. The summed E-state index contributed by atoms with van der Waals surface area (Å²) in [6, 6.07) is 3.67. The highest BCUT2D eigenvalue weighted by molar-refractivity contribution is 5.80. The topological polar surface area (TPSA) is 132 Å². The molecule has 0 radical (unpaired) electrons. The average molecular weight is 528 g/mol. The summed E-state index contributed by atoms with van der Waals surface area (Å²) in [6.45, 7) is 3.90. The predicted octanol–water partition coefficient (Wildman–Crippen LogP) is 0.183. The Bertz CT molecular complexity index is 949. The van der Waals surface area contributed by atoms with Crippen LogP contribution in [-0.4, -0.2) is 99.1 Å². The van der Waals surface area contributed by atoms with E-state index in [1.807, 2.05) is 16.4 Å². The van der Waals surface area contributed by atoms with Gasteiger partial charge in [-0.1, -0.05) is 0 Å². The number of hydrogen-bond acceptors (Lipinski definition) is 9. The number of anilines is 1. The van der Waals surface area contributed by atoms with Gasteiger partial charge in [-0.2, -0.15) is 18.4 Å². The molecule has 14 heteroatoms. The highest BCUT2D eigenvalue weighted by Gasteiger charge is 2.51. The SMILES string of the molecule is COC(C)[C@@H](COCCC(=O)N1CCN(c2ccc(C#N)cn2)CC1)NC1CNNC(=O)C1C(F)(F)F. The quantitative estimate of drug-likeness (QED) is 0.365. The van der Waals surface area contributed by atoms with Gasteiger partial charge in [-0.15, -0.1) is 0 Å². The van der Waals surface area contributed by atoms with E-state index in [1.54, 1.807) is 24.0 Å². The number of aromatic nitrogens is 1. The molecule has 2 aliphatic heterocycles. The smallest absolute Gasteiger partial charge is 0.380 e. The summed E-state index contributed by atoms with van der Waals surface area (Å²) in [7, 11) is 1.43. The lowest BCUT2D eigenvalue weighted by Gasteiger charge is -2.37. The van der Waals surface area contributed by atoms with Crippen LogP contribution in [0, 0.1) is 17.2 Å². The number of piperazine rings is 1. The molecule has 2 amide bonds. The molecule has 2 fully saturated rings. The highest BCUT2D eigenvalue weighted by Crippen LogP contribution is 2.30. The van der Waals surface area contributed by atoms with Gasteiger partial charge >= 0.3 is 6.18 Å². The maximum absolute atomic E-state index is 13.4. The lowest BCUT2D eigenvalue weighted by molar-refractivity contribution is -0.194. The highest BCUT2D eigenvalue weighted by atomic mass is 19.4. The summed E-state index contributed by atoms with van der Waals surface area (Å²) in [5.41, 5.74) is 4.98. The van der Waals surface area contributed by atoms with Crippen LogP contribution >= 0.6 is 0 Å². The first-order chi connectivity index (χ1) is 17.6. The van der Waals surface area contributed by atoms with Crippen molar-refractivity contribution in [1.82, 2.24) is 26.1 Å². The largest absolute Gasteiger partial charge is 0.402 e. The standard InChI is InChI=1S/C23H32F3N7O4/c1-15(36-2)18(30-17-13-29-31-22(35)21(17)23(24,25)26)14-37-10-5-20(34)33-8-6-32(7-9-33)19-4-3-16(11-27)12-28-19/h3-4,12,15,17-18,21,29-30H,5-10,13-14H2,1-2H3,(H,31,35)/t15?,17?,18-,21?/m1/s1. The number of amides is 2. The van der Waals surface area contributed by atoms with Crippen molar-refractivity contribution < 1.29 is 32.2 Å². The molecular weight excluding hydrogens is 495 g/mol. The Hall–Kier alpha value is -2.99. The Morgan fingerprint density at radius 3 is 2.65 bits per heavy atom. The summed E-state index contributed by atoms with van der Waals surface area (Å²) < 4.78 is 51.3. The zero-order valence-corrected chi connectivity index (χ0v) is 20.8. The van der Waals surface area contributed by atoms with Gasteiger partial charge < -0.3 is 24.6 Å². The number of halogens is 3. The number of carbonyl (C=O) groups is 2. The van der Waals surface area contributed by atoms with Crippen molar-refractivity contribution in [1.29, 1.82) is 5.26 Å². The minimum Gasteiger partial charge on any atom is -0.380 e. The Kier molecular flexibility index (Phi) is 10.0. The molecule has 2 aliphatic rings. The molecule has 0 spiro atoms. The number of methoxy groups -OCH3 is 1. The van der Waals surface area contributed by atoms with E-state index < -0.39 is 36.2 Å². The molecule has 2 saturated heterocycles. The van der Waals surface area contributed by atoms with E-state index in [1.165, 1.54) is 13.3 Å². The Morgan fingerprint density at radius 1 is 1.32 bits per heavy atom. The van der Waals surface area contributed by atoms with E-state index in [2.05, 4.69) is 15.7 Å². The number of nitrogens with one attached hydrogen (secondary N) is 3. The van der Waals surface area contributed by atoms with Crippen LogP contribution in [0.25, 0.3) is 0 Å². The van der Waals surface area contributed by atoms with Gasteiger partial charge in [0.2, 0.25) is 11.8 Å². The van der Waals surface area contributed by atoms with Crippen molar-refractivity contribution in [2.45, 2.75) is 37.7 Å². The van der Waals surface area contributed by atoms with Gasteiger partial charge in [0.1, 0.15) is 11.9 Å². The second kappa shape index (κ2) is 13.0.